The van der Waals surface area contributed by atoms with E-state index in [4.69, 9.17) is 0 Å². The molecule has 1 N–H and O–H groups in total. The molecule has 2 aromatic rings. The molecule has 2 aromatic carbocycles. The zero-order valence-electron chi connectivity index (χ0n) is 16.3. The highest BCUT2D eigenvalue weighted by Crippen LogP contribution is 2.26. The number of carbonyl (C=O) groups excluding carboxylic acids is 1. The second kappa shape index (κ2) is 8.86. The first-order chi connectivity index (χ1) is 13.9. The summed E-state index contributed by atoms with van der Waals surface area (Å²) in [6, 6.07) is 11.7. The molecule has 0 atom stereocenters. The van der Waals surface area contributed by atoms with E-state index in [9.17, 15) is 24.8 Å². The number of nitro benzene ring substituents is 1. The predicted molar refractivity (Wildman–Crippen MR) is 108 cm³/mol. The Bertz CT molecular complexity index is 933. The number of amides is 1. The van der Waals surface area contributed by atoms with Crippen molar-refractivity contribution in [1.29, 1.82) is 0 Å². The minimum Gasteiger partial charge on any atom is -0.478 e. The molecule has 1 amide bonds. The monoisotopic (exact) mass is 396 g/mol. The molecule has 0 bridgehead atoms. The molecule has 1 aliphatic rings. The third kappa shape index (κ3) is 4.62. The number of hydrogen-bond acceptors (Lipinski definition) is 4. The first-order valence-corrected chi connectivity index (χ1v) is 9.78. The Balaban J connectivity index is 1.65. The van der Waals surface area contributed by atoms with Gasteiger partial charge in [0.05, 0.1) is 10.5 Å². The zero-order chi connectivity index (χ0) is 21.0. The van der Waals surface area contributed by atoms with Crippen LogP contribution in [0.25, 0.3) is 0 Å². The average Bonchev–Trinajstić information content (AvgIpc) is 2.73. The molecule has 3 rings (SSSR count). The van der Waals surface area contributed by atoms with Crippen molar-refractivity contribution in [2.75, 3.05) is 13.1 Å². The topological polar surface area (TPSA) is 101 Å². The van der Waals surface area contributed by atoms with Crippen molar-refractivity contribution in [2.24, 2.45) is 5.92 Å². The molecule has 0 spiro atoms. The highest BCUT2D eigenvalue weighted by Gasteiger charge is 2.26. The van der Waals surface area contributed by atoms with E-state index in [0.29, 0.717) is 48.5 Å². The number of carboxylic acids is 1. The maximum Gasteiger partial charge on any atom is 0.335 e. The summed E-state index contributed by atoms with van der Waals surface area (Å²) in [7, 11) is 0. The van der Waals surface area contributed by atoms with Gasteiger partial charge in [0.2, 0.25) is 0 Å². The Labute approximate surface area is 169 Å². The molecule has 1 fully saturated rings. The van der Waals surface area contributed by atoms with Crippen LogP contribution in [0.4, 0.5) is 5.69 Å². The van der Waals surface area contributed by atoms with Crippen molar-refractivity contribution in [2.45, 2.75) is 32.6 Å². The summed E-state index contributed by atoms with van der Waals surface area (Å²) >= 11 is 0. The summed E-state index contributed by atoms with van der Waals surface area (Å²) in [5, 5.41) is 20.6. The highest BCUT2D eigenvalue weighted by molar-refractivity contribution is 5.95. The first-order valence-electron chi connectivity index (χ1n) is 9.78. The number of hydrogen-bond donors (Lipinski definition) is 1. The quantitative estimate of drug-likeness (QED) is 0.588. The smallest absolute Gasteiger partial charge is 0.335 e. The summed E-state index contributed by atoms with van der Waals surface area (Å²) in [6.07, 6.45) is 2.75. The molecule has 0 aromatic heterocycles. The minimum absolute atomic E-state index is 0.0153. The van der Waals surface area contributed by atoms with Gasteiger partial charge in [-0.25, -0.2) is 4.79 Å². The largest absolute Gasteiger partial charge is 0.478 e. The second-order valence-corrected chi connectivity index (χ2v) is 7.36. The SMILES string of the molecule is CCc1ccc(C(=O)N2CCC(Cc3ccccc3C(=O)O)CC2)cc1[N+](=O)[O-]. The zero-order valence-corrected chi connectivity index (χ0v) is 16.3. The third-order valence-corrected chi connectivity index (χ3v) is 5.57. The summed E-state index contributed by atoms with van der Waals surface area (Å²) in [6.45, 7) is 2.96. The summed E-state index contributed by atoms with van der Waals surface area (Å²) in [5.41, 5.74) is 2.08. The fourth-order valence-corrected chi connectivity index (χ4v) is 3.91. The van der Waals surface area contributed by atoms with E-state index in [1.165, 1.54) is 6.07 Å². The van der Waals surface area contributed by atoms with Gasteiger partial charge in [-0.05, 0) is 49.3 Å². The van der Waals surface area contributed by atoms with E-state index in [2.05, 4.69) is 0 Å². The van der Waals surface area contributed by atoms with Crippen LogP contribution >= 0.6 is 0 Å². The fraction of sp³-hybridized carbons (Fsp3) is 0.364. The van der Waals surface area contributed by atoms with E-state index in [0.717, 1.165) is 18.4 Å². The van der Waals surface area contributed by atoms with Gasteiger partial charge in [0, 0.05) is 30.3 Å². The van der Waals surface area contributed by atoms with E-state index in [-0.39, 0.29) is 11.6 Å². The third-order valence-electron chi connectivity index (χ3n) is 5.57. The number of nitrogens with zero attached hydrogens (tertiary/aromatic N) is 2. The molecule has 0 unspecified atom stereocenters. The lowest BCUT2D eigenvalue weighted by atomic mass is 9.88. The van der Waals surface area contributed by atoms with Crippen LogP contribution in [0.2, 0.25) is 0 Å². The van der Waals surface area contributed by atoms with Gasteiger partial charge in [-0.15, -0.1) is 0 Å². The van der Waals surface area contributed by atoms with Gasteiger partial charge in [0.15, 0.2) is 0 Å². The molecule has 1 aliphatic heterocycles. The summed E-state index contributed by atoms with van der Waals surface area (Å²) in [4.78, 5) is 36.7. The Morgan fingerprint density at radius 1 is 1.14 bits per heavy atom. The van der Waals surface area contributed by atoms with Gasteiger partial charge in [-0.2, -0.15) is 0 Å². The van der Waals surface area contributed by atoms with Gasteiger partial charge in [0.1, 0.15) is 0 Å². The number of carbonyl (C=O) groups is 2. The molecule has 7 nitrogen and oxygen atoms in total. The maximum atomic E-state index is 12.8. The van der Waals surface area contributed by atoms with Gasteiger partial charge >= 0.3 is 5.97 Å². The number of nitro groups is 1. The number of benzene rings is 2. The second-order valence-electron chi connectivity index (χ2n) is 7.36. The normalized spacial score (nSPS) is 14.6. The molecule has 1 saturated heterocycles. The number of aryl methyl sites for hydroxylation is 1. The lowest BCUT2D eigenvalue weighted by Crippen LogP contribution is -2.39. The maximum absolute atomic E-state index is 12.8. The summed E-state index contributed by atoms with van der Waals surface area (Å²) < 4.78 is 0. The van der Waals surface area contributed by atoms with Crippen LogP contribution in [-0.2, 0) is 12.8 Å². The number of carboxylic acid groups (broad SMARTS) is 1. The van der Waals surface area contributed by atoms with Crippen molar-refractivity contribution in [3.05, 3.63) is 74.8 Å². The van der Waals surface area contributed by atoms with E-state index < -0.39 is 10.9 Å². The minimum atomic E-state index is -0.926. The number of piperidine rings is 1. The molecule has 1 heterocycles. The van der Waals surface area contributed by atoms with Crippen LogP contribution in [0.15, 0.2) is 42.5 Å². The van der Waals surface area contributed by atoms with Gasteiger partial charge < -0.3 is 10.0 Å². The molecule has 152 valence electrons. The summed E-state index contributed by atoms with van der Waals surface area (Å²) in [5.74, 6) is -0.818. The van der Waals surface area contributed by atoms with Crippen molar-refractivity contribution in [1.82, 2.24) is 4.90 Å². The molecular weight excluding hydrogens is 372 g/mol. The van der Waals surface area contributed by atoms with Crippen LogP contribution < -0.4 is 0 Å². The molecular formula is C22H24N2O5. The molecule has 0 aliphatic carbocycles. The van der Waals surface area contributed by atoms with Gasteiger partial charge in [-0.3, -0.25) is 14.9 Å². The standard InChI is InChI=1S/C22H24N2O5/c1-2-16-7-8-18(14-20(16)24(28)29)21(25)23-11-9-15(10-12-23)13-17-5-3-4-6-19(17)22(26)27/h3-8,14-15H,2,9-13H2,1H3,(H,26,27). The van der Waals surface area contributed by atoms with Gasteiger partial charge in [0.25, 0.3) is 11.6 Å². The first kappa shape index (κ1) is 20.5. The molecule has 7 heteroatoms. The van der Waals surface area contributed by atoms with Crippen LogP contribution in [0.3, 0.4) is 0 Å². The number of aromatic carboxylic acids is 1. The van der Waals surface area contributed by atoms with Crippen LogP contribution in [-0.4, -0.2) is 39.9 Å². The van der Waals surface area contributed by atoms with Gasteiger partial charge in [-0.1, -0.05) is 31.2 Å². The lowest BCUT2D eigenvalue weighted by Gasteiger charge is -2.32. The number of likely N-dealkylation sites (tertiary alicyclic amines) is 1. The van der Waals surface area contributed by atoms with E-state index in [1.807, 2.05) is 19.1 Å². The van der Waals surface area contributed by atoms with Crippen molar-refractivity contribution in [3.63, 3.8) is 0 Å². The number of rotatable bonds is 6. The average molecular weight is 396 g/mol. The Morgan fingerprint density at radius 3 is 2.45 bits per heavy atom. The fourth-order valence-electron chi connectivity index (χ4n) is 3.91. The molecule has 0 saturated carbocycles. The van der Waals surface area contributed by atoms with Crippen molar-refractivity contribution >= 4 is 17.6 Å². The van der Waals surface area contributed by atoms with Crippen LogP contribution in [0.5, 0.6) is 0 Å². The Kier molecular flexibility index (Phi) is 6.26. The van der Waals surface area contributed by atoms with Crippen LogP contribution in [0, 0.1) is 16.0 Å². The Morgan fingerprint density at radius 2 is 1.83 bits per heavy atom. The highest BCUT2D eigenvalue weighted by atomic mass is 16.6. The van der Waals surface area contributed by atoms with Crippen LogP contribution in [0.1, 0.15) is 51.6 Å². The molecule has 0 radical (unpaired) electrons. The lowest BCUT2D eigenvalue weighted by molar-refractivity contribution is -0.385. The predicted octanol–water partition coefficient (Wildman–Crippen LogP) is 3.95. The Hall–Kier alpha value is -3.22. The van der Waals surface area contributed by atoms with Crippen molar-refractivity contribution in [3.8, 4) is 0 Å². The van der Waals surface area contributed by atoms with Crippen molar-refractivity contribution < 1.29 is 19.6 Å². The van der Waals surface area contributed by atoms with E-state index in [1.54, 1.807) is 29.2 Å². The molecule has 29 heavy (non-hydrogen) atoms. The van der Waals surface area contributed by atoms with E-state index >= 15 is 0 Å².